The molecule has 1 aromatic heterocycles. The highest BCUT2D eigenvalue weighted by Crippen LogP contribution is 2.35. The van der Waals surface area contributed by atoms with Gasteiger partial charge in [-0.2, -0.15) is 0 Å². The first kappa shape index (κ1) is 18.7. The highest BCUT2D eigenvalue weighted by atomic mass is 35.5. The number of hydrogen-bond donors (Lipinski definition) is 1. The van der Waals surface area contributed by atoms with Crippen molar-refractivity contribution in [2.75, 3.05) is 6.26 Å². The Bertz CT molecular complexity index is 857. The van der Waals surface area contributed by atoms with E-state index in [-0.39, 0.29) is 10.8 Å². The predicted molar refractivity (Wildman–Crippen MR) is 112 cm³/mol. The van der Waals surface area contributed by atoms with Crippen LogP contribution in [-0.4, -0.2) is 11.4 Å². The molecular weight excluding hydrogens is 391 g/mol. The number of aromatic hydroxyl groups is 1. The van der Waals surface area contributed by atoms with Gasteiger partial charge in [0.15, 0.2) is 0 Å². The molecule has 1 heterocycles. The molecule has 1 N–H and O–H groups in total. The first-order valence-electron chi connectivity index (χ1n) is 7.97. The van der Waals surface area contributed by atoms with Crippen molar-refractivity contribution in [2.24, 2.45) is 0 Å². The number of phenolic OH excluding ortho intramolecular Hbond substituents is 1. The van der Waals surface area contributed by atoms with Gasteiger partial charge in [-0.05, 0) is 67.0 Å². The minimum absolute atomic E-state index is 0.0332. The normalized spacial score (nSPS) is 11.0. The summed E-state index contributed by atoms with van der Waals surface area (Å²) >= 11 is 15.8. The molecule has 2 aromatic carbocycles. The summed E-state index contributed by atoms with van der Waals surface area (Å²) < 4.78 is 0. The van der Waals surface area contributed by atoms with Gasteiger partial charge in [0.25, 0.3) is 0 Å². The van der Waals surface area contributed by atoms with E-state index in [1.807, 2.05) is 17.4 Å². The molecule has 25 heavy (non-hydrogen) atoms. The molecule has 0 fully saturated rings. The Hall–Kier alpha value is -1.13. The third kappa shape index (κ3) is 4.53. The lowest BCUT2D eigenvalue weighted by Crippen LogP contribution is -1.90. The molecule has 0 spiro atoms. The quantitative estimate of drug-likeness (QED) is 0.430. The molecule has 0 saturated heterocycles. The summed E-state index contributed by atoms with van der Waals surface area (Å²) in [6.07, 6.45) is 4.93. The molecule has 0 aliphatic rings. The van der Waals surface area contributed by atoms with Crippen molar-refractivity contribution in [3.8, 4) is 16.2 Å². The van der Waals surface area contributed by atoms with Crippen molar-refractivity contribution in [1.82, 2.24) is 0 Å². The number of halogens is 2. The Kier molecular flexibility index (Phi) is 6.34. The SMILES string of the molecule is CSc1ccc(-c2ccc(CCCc3ccc(O)c(Cl)c3Cl)s2)cc1. The number of benzene rings is 2. The van der Waals surface area contributed by atoms with Crippen LogP contribution >= 0.6 is 46.3 Å². The monoisotopic (exact) mass is 408 g/mol. The zero-order valence-electron chi connectivity index (χ0n) is 13.8. The minimum atomic E-state index is 0.0332. The van der Waals surface area contributed by atoms with E-state index in [4.69, 9.17) is 23.2 Å². The van der Waals surface area contributed by atoms with Crippen LogP contribution in [-0.2, 0) is 12.8 Å². The number of thioether (sulfide) groups is 1. The third-order valence-corrected chi connectivity index (χ3v) is 6.90. The van der Waals surface area contributed by atoms with Gasteiger partial charge in [0.05, 0.1) is 5.02 Å². The van der Waals surface area contributed by atoms with Crippen LogP contribution in [0.2, 0.25) is 10.0 Å². The maximum absolute atomic E-state index is 9.56. The highest BCUT2D eigenvalue weighted by molar-refractivity contribution is 7.98. The van der Waals surface area contributed by atoms with Gasteiger partial charge in [0, 0.05) is 14.6 Å². The third-order valence-electron chi connectivity index (χ3n) is 4.05. The van der Waals surface area contributed by atoms with Gasteiger partial charge in [-0.1, -0.05) is 41.4 Å². The Labute approximate surface area is 166 Å². The van der Waals surface area contributed by atoms with E-state index < -0.39 is 0 Å². The molecule has 0 saturated carbocycles. The van der Waals surface area contributed by atoms with Gasteiger partial charge in [0.2, 0.25) is 0 Å². The van der Waals surface area contributed by atoms with Gasteiger partial charge in [-0.3, -0.25) is 0 Å². The van der Waals surface area contributed by atoms with E-state index in [1.165, 1.54) is 20.2 Å². The van der Waals surface area contributed by atoms with Crippen LogP contribution in [0.15, 0.2) is 53.4 Å². The maximum Gasteiger partial charge on any atom is 0.135 e. The van der Waals surface area contributed by atoms with E-state index in [0.717, 1.165) is 24.8 Å². The minimum Gasteiger partial charge on any atom is -0.506 e. The van der Waals surface area contributed by atoms with Crippen molar-refractivity contribution >= 4 is 46.3 Å². The van der Waals surface area contributed by atoms with Crippen molar-refractivity contribution in [2.45, 2.75) is 24.2 Å². The van der Waals surface area contributed by atoms with E-state index in [1.54, 1.807) is 17.8 Å². The van der Waals surface area contributed by atoms with Gasteiger partial charge in [-0.15, -0.1) is 23.1 Å². The lowest BCUT2D eigenvalue weighted by Gasteiger charge is -2.06. The van der Waals surface area contributed by atoms with Gasteiger partial charge < -0.3 is 5.11 Å². The molecule has 1 nitrogen and oxygen atoms in total. The Morgan fingerprint density at radius 3 is 2.40 bits per heavy atom. The molecule has 3 rings (SSSR count). The smallest absolute Gasteiger partial charge is 0.135 e. The molecule has 0 aliphatic carbocycles. The fraction of sp³-hybridized carbons (Fsp3) is 0.200. The fourth-order valence-corrected chi connectivity index (χ4v) is 4.55. The fourth-order valence-electron chi connectivity index (χ4n) is 2.65. The average molecular weight is 409 g/mol. The Morgan fingerprint density at radius 2 is 1.68 bits per heavy atom. The van der Waals surface area contributed by atoms with Crippen LogP contribution in [0, 0.1) is 0 Å². The average Bonchev–Trinajstić information content (AvgIpc) is 3.11. The number of rotatable bonds is 6. The standard InChI is InChI=1S/C20H18Cl2OS2/c1-24-15-8-5-13(6-9-15)18-12-10-16(25-18)4-2-3-14-7-11-17(23)20(22)19(14)21/h5-12,23H,2-4H2,1H3. The number of phenols is 1. The van der Waals surface area contributed by atoms with Crippen molar-refractivity contribution < 1.29 is 5.11 Å². The Morgan fingerprint density at radius 1 is 0.920 bits per heavy atom. The van der Waals surface area contributed by atoms with Crippen LogP contribution in [0.4, 0.5) is 0 Å². The van der Waals surface area contributed by atoms with Crippen LogP contribution in [0.25, 0.3) is 10.4 Å². The first-order valence-corrected chi connectivity index (χ1v) is 10.8. The van der Waals surface area contributed by atoms with E-state index in [0.29, 0.717) is 5.02 Å². The molecule has 0 atom stereocenters. The molecule has 0 aliphatic heterocycles. The molecule has 0 radical (unpaired) electrons. The lowest BCUT2D eigenvalue weighted by atomic mass is 10.1. The molecule has 0 bridgehead atoms. The summed E-state index contributed by atoms with van der Waals surface area (Å²) in [5.41, 5.74) is 2.25. The number of thiophene rings is 1. The summed E-state index contributed by atoms with van der Waals surface area (Å²) in [6, 6.07) is 16.5. The van der Waals surface area contributed by atoms with E-state index in [2.05, 4.69) is 42.7 Å². The van der Waals surface area contributed by atoms with Crippen LogP contribution in [0.3, 0.4) is 0 Å². The zero-order chi connectivity index (χ0) is 17.8. The van der Waals surface area contributed by atoms with Crippen LogP contribution in [0.5, 0.6) is 5.75 Å². The summed E-state index contributed by atoms with van der Waals surface area (Å²) in [7, 11) is 0. The maximum atomic E-state index is 9.56. The van der Waals surface area contributed by atoms with Crippen molar-refractivity contribution in [3.05, 3.63) is 69.0 Å². The van der Waals surface area contributed by atoms with E-state index in [9.17, 15) is 5.11 Å². The number of aryl methyl sites for hydroxylation is 2. The van der Waals surface area contributed by atoms with Gasteiger partial charge >= 0.3 is 0 Å². The topological polar surface area (TPSA) is 20.2 Å². The first-order chi connectivity index (χ1) is 12.1. The van der Waals surface area contributed by atoms with E-state index >= 15 is 0 Å². The van der Waals surface area contributed by atoms with Crippen molar-refractivity contribution in [1.29, 1.82) is 0 Å². The summed E-state index contributed by atoms with van der Waals surface area (Å²) in [6.45, 7) is 0. The Balaban J connectivity index is 1.61. The van der Waals surface area contributed by atoms with Gasteiger partial charge in [0.1, 0.15) is 10.8 Å². The molecular formula is C20H18Cl2OS2. The zero-order valence-corrected chi connectivity index (χ0v) is 16.9. The second kappa shape index (κ2) is 8.50. The number of hydrogen-bond acceptors (Lipinski definition) is 3. The summed E-state index contributed by atoms with van der Waals surface area (Å²) in [5.74, 6) is 0.0332. The predicted octanol–water partition coefficient (Wildman–Crippen LogP) is 7.32. The second-order valence-corrected chi connectivity index (χ2v) is 8.52. The molecule has 5 heteroatoms. The summed E-state index contributed by atoms with van der Waals surface area (Å²) in [4.78, 5) is 3.95. The molecule has 0 unspecified atom stereocenters. The second-order valence-electron chi connectivity index (χ2n) is 5.72. The largest absolute Gasteiger partial charge is 0.506 e. The molecule has 3 aromatic rings. The summed E-state index contributed by atoms with van der Waals surface area (Å²) in [5, 5.41) is 10.3. The van der Waals surface area contributed by atoms with Crippen molar-refractivity contribution in [3.63, 3.8) is 0 Å². The van der Waals surface area contributed by atoms with Crippen LogP contribution in [0.1, 0.15) is 16.9 Å². The molecule has 0 amide bonds. The lowest BCUT2D eigenvalue weighted by molar-refractivity contribution is 0.475. The van der Waals surface area contributed by atoms with Gasteiger partial charge in [-0.25, -0.2) is 0 Å². The molecule has 130 valence electrons. The van der Waals surface area contributed by atoms with Crippen LogP contribution < -0.4 is 0 Å². The highest BCUT2D eigenvalue weighted by Gasteiger charge is 2.09.